The van der Waals surface area contributed by atoms with Crippen molar-refractivity contribution in [1.29, 1.82) is 0 Å². The predicted molar refractivity (Wildman–Crippen MR) is 100 cm³/mol. The number of likely N-dealkylation sites (tertiary alicyclic amines) is 1. The number of sulfonamides is 1. The number of piperidine rings is 2. The fourth-order valence-corrected chi connectivity index (χ4v) is 5.18. The third kappa shape index (κ3) is 4.86. The lowest BCUT2D eigenvalue weighted by Crippen LogP contribution is -2.56. The second kappa shape index (κ2) is 7.85. The van der Waals surface area contributed by atoms with Crippen molar-refractivity contribution in [3.8, 4) is 0 Å². The third-order valence-electron chi connectivity index (χ3n) is 5.62. The first-order valence-corrected chi connectivity index (χ1v) is 11.3. The molecule has 0 aliphatic carbocycles. The van der Waals surface area contributed by atoms with E-state index in [0.717, 1.165) is 24.7 Å². The first-order valence-electron chi connectivity index (χ1n) is 9.40. The van der Waals surface area contributed by atoms with Crippen LogP contribution < -0.4 is 0 Å². The highest BCUT2D eigenvalue weighted by molar-refractivity contribution is 7.88. The molecule has 0 radical (unpaired) electrons. The fourth-order valence-electron chi connectivity index (χ4n) is 4.06. The van der Waals surface area contributed by atoms with Crippen molar-refractivity contribution in [2.45, 2.75) is 50.2 Å². The molecule has 1 aromatic rings. The van der Waals surface area contributed by atoms with E-state index >= 15 is 0 Å². The van der Waals surface area contributed by atoms with Gasteiger partial charge in [-0.15, -0.1) is 0 Å². The Morgan fingerprint density at radius 2 is 1.81 bits per heavy atom. The van der Waals surface area contributed by atoms with Crippen molar-refractivity contribution in [2.75, 3.05) is 25.9 Å². The van der Waals surface area contributed by atoms with Gasteiger partial charge in [-0.05, 0) is 43.4 Å². The van der Waals surface area contributed by atoms with Gasteiger partial charge in [0.25, 0.3) is 0 Å². The van der Waals surface area contributed by atoms with Gasteiger partial charge >= 0.3 is 0 Å². The maximum atomic E-state index is 13.0. The SMILES string of the molecule is CS(=O)(=O)N1CCCCC1C(=O)N1CCC(O)(Cc2ccc(F)cc2)CC1. The van der Waals surface area contributed by atoms with Crippen LogP contribution in [0.5, 0.6) is 0 Å². The van der Waals surface area contributed by atoms with Gasteiger partial charge in [0.2, 0.25) is 15.9 Å². The smallest absolute Gasteiger partial charge is 0.241 e. The average Bonchev–Trinajstić information content (AvgIpc) is 2.63. The Labute approximate surface area is 160 Å². The Morgan fingerprint density at radius 3 is 2.41 bits per heavy atom. The lowest BCUT2D eigenvalue weighted by molar-refractivity contribution is -0.140. The Kier molecular flexibility index (Phi) is 5.88. The zero-order valence-electron chi connectivity index (χ0n) is 15.6. The molecule has 2 aliphatic heterocycles. The molecule has 150 valence electrons. The highest BCUT2D eigenvalue weighted by Gasteiger charge is 2.40. The Balaban J connectivity index is 1.62. The molecule has 1 unspecified atom stereocenters. The van der Waals surface area contributed by atoms with Crippen LogP contribution in [0.4, 0.5) is 4.39 Å². The number of nitrogens with zero attached hydrogens (tertiary/aromatic N) is 2. The van der Waals surface area contributed by atoms with E-state index in [1.807, 2.05) is 0 Å². The van der Waals surface area contributed by atoms with Crippen LogP contribution in [0, 0.1) is 5.82 Å². The lowest BCUT2D eigenvalue weighted by atomic mass is 9.85. The van der Waals surface area contributed by atoms with Crippen LogP contribution >= 0.6 is 0 Å². The minimum absolute atomic E-state index is 0.163. The van der Waals surface area contributed by atoms with Crippen LogP contribution in [0.15, 0.2) is 24.3 Å². The molecular weight excluding hydrogens is 371 g/mol. The summed E-state index contributed by atoms with van der Waals surface area (Å²) in [6.45, 7) is 1.17. The van der Waals surface area contributed by atoms with E-state index in [2.05, 4.69) is 0 Å². The molecule has 6 nitrogen and oxygen atoms in total. The fraction of sp³-hybridized carbons (Fsp3) is 0.632. The molecule has 0 bridgehead atoms. The number of rotatable bonds is 4. The second-order valence-electron chi connectivity index (χ2n) is 7.74. The van der Waals surface area contributed by atoms with Gasteiger partial charge in [-0.1, -0.05) is 18.6 Å². The molecule has 1 amide bonds. The standard InChI is InChI=1S/C19H27FN2O4S/c1-27(25,26)22-11-3-2-4-17(22)18(23)21-12-9-19(24,10-13-21)14-15-5-7-16(20)8-6-15/h5-8,17,24H,2-4,9-14H2,1H3. The van der Waals surface area contributed by atoms with Crippen molar-refractivity contribution >= 4 is 15.9 Å². The van der Waals surface area contributed by atoms with Crippen LogP contribution in [-0.4, -0.2) is 66.2 Å². The molecule has 2 heterocycles. The minimum atomic E-state index is -3.42. The van der Waals surface area contributed by atoms with Gasteiger partial charge in [-0.25, -0.2) is 12.8 Å². The van der Waals surface area contributed by atoms with Crippen LogP contribution in [0.2, 0.25) is 0 Å². The van der Waals surface area contributed by atoms with Crippen LogP contribution in [0.3, 0.4) is 0 Å². The van der Waals surface area contributed by atoms with Crippen molar-refractivity contribution in [3.05, 3.63) is 35.6 Å². The minimum Gasteiger partial charge on any atom is -0.389 e. The van der Waals surface area contributed by atoms with E-state index in [1.165, 1.54) is 16.4 Å². The zero-order valence-corrected chi connectivity index (χ0v) is 16.4. The van der Waals surface area contributed by atoms with E-state index in [-0.39, 0.29) is 11.7 Å². The van der Waals surface area contributed by atoms with E-state index in [1.54, 1.807) is 17.0 Å². The van der Waals surface area contributed by atoms with Gasteiger partial charge < -0.3 is 10.0 Å². The lowest BCUT2D eigenvalue weighted by Gasteiger charge is -2.41. The molecule has 27 heavy (non-hydrogen) atoms. The van der Waals surface area contributed by atoms with E-state index < -0.39 is 21.7 Å². The Bertz CT molecular complexity index is 773. The monoisotopic (exact) mass is 398 g/mol. The number of hydrogen-bond donors (Lipinski definition) is 1. The van der Waals surface area contributed by atoms with Crippen LogP contribution in [0.1, 0.15) is 37.7 Å². The molecule has 3 rings (SSSR count). The molecule has 0 saturated carbocycles. The number of carbonyl (C=O) groups excluding carboxylic acids is 1. The number of amides is 1. The van der Waals surface area contributed by atoms with Crippen molar-refractivity contribution in [1.82, 2.24) is 9.21 Å². The normalized spacial score (nSPS) is 24.0. The van der Waals surface area contributed by atoms with Gasteiger partial charge in [-0.2, -0.15) is 4.31 Å². The molecular formula is C19H27FN2O4S. The summed E-state index contributed by atoms with van der Waals surface area (Å²) < 4.78 is 38.4. The van der Waals surface area contributed by atoms with Gasteiger partial charge in [0, 0.05) is 26.1 Å². The summed E-state index contributed by atoms with van der Waals surface area (Å²) in [5.41, 5.74) is -0.0771. The summed E-state index contributed by atoms with van der Waals surface area (Å²) in [4.78, 5) is 14.6. The topological polar surface area (TPSA) is 77.9 Å². The largest absolute Gasteiger partial charge is 0.389 e. The summed E-state index contributed by atoms with van der Waals surface area (Å²) in [5.74, 6) is -0.474. The summed E-state index contributed by atoms with van der Waals surface area (Å²) >= 11 is 0. The van der Waals surface area contributed by atoms with Gasteiger partial charge in [0.05, 0.1) is 11.9 Å². The summed E-state index contributed by atoms with van der Waals surface area (Å²) in [6, 6.07) is 5.45. The molecule has 1 aromatic carbocycles. The van der Waals surface area contributed by atoms with Crippen molar-refractivity contribution in [3.63, 3.8) is 0 Å². The molecule has 8 heteroatoms. The van der Waals surface area contributed by atoms with Gasteiger partial charge in [-0.3, -0.25) is 4.79 Å². The first-order chi connectivity index (χ1) is 12.7. The summed E-state index contributed by atoms with van der Waals surface area (Å²) in [7, 11) is -3.42. The molecule has 1 N–H and O–H groups in total. The molecule has 0 spiro atoms. The number of aliphatic hydroxyl groups is 1. The number of carbonyl (C=O) groups is 1. The number of halogens is 1. The molecule has 2 aliphatic rings. The highest BCUT2D eigenvalue weighted by atomic mass is 32.2. The van der Waals surface area contributed by atoms with Crippen molar-refractivity contribution < 1.29 is 22.7 Å². The molecule has 2 saturated heterocycles. The highest BCUT2D eigenvalue weighted by Crippen LogP contribution is 2.29. The Hall–Kier alpha value is -1.51. The quantitative estimate of drug-likeness (QED) is 0.835. The van der Waals surface area contributed by atoms with E-state index in [9.17, 15) is 22.7 Å². The zero-order chi connectivity index (χ0) is 19.7. The van der Waals surface area contributed by atoms with Crippen LogP contribution in [-0.2, 0) is 21.2 Å². The first kappa shape index (κ1) is 20.2. The predicted octanol–water partition coefficient (Wildman–Crippen LogP) is 1.54. The molecule has 1 atom stereocenters. The summed E-state index contributed by atoms with van der Waals surface area (Å²) in [5, 5.41) is 10.8. The maximum absolute atomic E-state index is 13.0. The Morgan fingerprint density at radius 1 is 1.19 bits per heavy atom. The third-order valence-corrected chi connectivity index (χ3v) is 6.91. The van der Waals surface area contributed by atoms with Crippen LogP contribution in [0.25, 0.3) is 0 Å². The maximum Gasteiger partial charge on any atom is 0.241 e. The van der Waals surface area contributed by atoms with Crippen molar-refractivity contribution in [2.24, 2.45) is 0 Å². The molecule has 0 aromatic heterocycles. The van der Waals surface area contributed by atoms with Gasteiger partial charge in [0.1, 0.15) is 11.9 Å². The summed E-state index contributed by atoms with van der Waals surface area (Å²) in [6.07, 6.45) is 4.55. The second-order valence-corrected chi connectivity index (χ2v) is 9.67. The molecule has 2 fully saturated rings. The number of hydrogen-bond acceptors (Lipinski definition) is 4. The van der Waals surface area contributed by atoms with E-state index in [4.69, 9.17) is 0 Å². The number of benzene rings is 1. The van der Waals surface area contributed by atoms with Gasteiger partial charge in [0.15, 0.2) is 0 Å². The van der Waals surface area contributed by atoms with E-state index in [0.29, 0.717) is 45.3 Å². The average molecular weight is 399 g/mol.